The normalized spacial score (nSPS) is 17.9. The molecular formula is C26H21ClFN3O3S2. The molecule has 0 spiro atoms. The number of amides is 1. The highest BCUT2D eigenvalue weighted by Gasteiger charge is 2.48. The predicted octanol–water partition coefficient (Wildman–Crippen LogP) is 5.11. The van der Waals surface area contributed by atoms with Gasteiger partial charge in [0.2, 0.25) is 15.9 Å². The van der Waals surface area contributed by atoms with Gasteiger partial charge in [-0.15, -0.1) is 11.8 Å². The highest BCUT2D eigenvalue weighted by Crippen LogP contribution is 2.35. The van der Waals surface area contributed by atoms with Gasteiger partial charge < -0.3 is 5.32 Å². The number of hydrogen-bond acceptors (Lipinski definition) is 5. The molecule has 1 saturated heterocycles. The zero-order valence-corrected chi connectivity index (χ0v) is 21.5. The Balaban J connectivity index is 1.53. The zero-order chi connectivity index (χ0) is 25.5. The maximum absolute atomic E-state index is 15.5. The fourth-order valence-electron chi connectivity index (χ4n) is 4.40. The molecule has 6 nitrogen and oxygen atoms in total. The molecule has 0 radical (unpaired) electrons. The van der Waals surface area contributed by atoms with E-state index >= 15 is 4.39 Å². The average Bonchev–Trinajstić information content (AvgIpc) is 3.23. The van der Waals surface area contributed by atoms with E-state index in [-0.39, 0.29) is 23.4 Å². The van der Waals surface area contributed by atoms with E-state index in [4.69, 9.17) is 11.6 Å². The Kier molecular flexibility index (Phi) is 6.50. The number of nitrogens with zero attached hydrogens (tertiary/aromatic N) is 1. The first-order valence-corrected chi connectivity index (χ1v) is 14.1. The summed E-state index contributed by atoms with van der Waals surface area (Å²) in [5, 5.41) is 5.46. The Morgan fingerprint density at radius 2 is 1.78 bits per heavy atom. The van der Waals surface area contributed by atoms with Crippen LogP contribution in [-0.2, 0) is 20.4 Å². The number of sulfonamides is 1. The molecule has 0 saturated carbocycles. The van der Waals surface area contributed by atoms with Crippen LogP contribution >= 0.6 is 23.4 Å². The molecule has 0 unspecified atom stereocenters. The summed E-state index contributed by atoms with van der Waals surface area (Å²) in [6, 6.07) is 17.8. The summed E-state index contributed by atoms with van der Waals surface area (Å²) in [5.41, 5.74) is -0.538. The summed E-state index contributed by atoms with van der Waals surface area (Å²) >= 11 is 7.53. The van der Waals surface area contributed by atoms with Gasteiger partial charge in [-0.1, -0.05) is 41.9 Å². The molecule has 0 aliphatic carbocycles. The third-order valence-corrected chi connectivity index (χ3v) is 8.66. The number of carbonyl (C=O) groups excluding carboxylic acids is 1. The van der Waals surface area contributed by atoms with Crippen LogP contribution in [0.1, 0.15) is 12.0 Å². The lowest BCUT2D eigenvalue weighted by Crippen LogP contribution is -2.51. The Morgan fingerprint density at radius 1 is 1.03 bits per heavy atom. The van der Waals surface area contributed by atoms with Crippen LogP contribution < -0.4 is 10.0 Å². The van der Waals surface area contributed by atoms with Crippen molar-refractivity contribution in [1.82, 2.24) is 15.0 Å². The summed E-state index contributed by atoms with van der Waals surface area (Å²) in [6.45, 7) is 0.207. The van der Waals surface area contributed by atoms with Gasteiger partial charge in [-0.3, -0.25) is 4.79 Å². The zero-order valence-electron chi connectivity index (χ0n) is 19.1. The van der Waals surface area contributed by atoms with Crippen molar-refractivity contribution in [3.63, 3.8) is 0 Å². The fraction of sp³-hybridized carbons (Fsp3) is 0.154. The van der Waals surface area contributed by atoms with Gasteiger partial charge >= 0.3 is 0 Å². The number of nitrogens with one attached hydrogen (secondary N) is 2. The number of aromatic nitrogens is 1. The lowest BCUT2D eigenvalue weighted by Gasteiger charge is -2.28. The van der Waals surface area contributed by atoms with Crippen molar-refractivity contribution in [3.8, 4) is 11.1 Å². The molecule has 10 heteroatoms. The number of pyridine rings is 1. The van der Waals surface area contributed by atoms with Crippen molar-refractivity contribution < 1.29 is 17.6 Å². The largest absolute Gasteiger partial charge is 0.354 e. The van der Waals surface area contributed by atoms with Crippen LogP contribution in [0.4, 0.5) is 4.39 Å². The minimum atomic E-state index is -4.19. The standard InChI is InChI=1S/C26H21ClFN3O3S2/c1-35-24-9-5-19(15-30-24)18-4-8-22(23(28)14-18)26(10-11-29-25(26)32)31-36(33,34)21-7-3-16-12-20(27)6-2-17(16)13-21/h2-9,12-15,31H,10-11H2,1H3,(H,29,32)/t26-/m0/s1. The molecule has 1 aliphatic rings. The molecule has 1 aromatic heterocycles. The van der Waals surface area contributed by atoms with E-state index in [0.29, 0.717) is 21.5 Å². The lowest BCUT2D eigenvalue weighted by atomic mass is 9.88. The molecule has 1 aliphatic heterocycles. The molecule has 1 atom stereocenters. The van der Waals surface area contributed by atoms with Crippen LogP contribution in [-0.4, -0.2) is 32.1 Å². The molecule has 0 bridgehead atoms. The van der Waals surface area contributed by atoms with Crippen LogP contribution in [0.2, 0.25) is 5.02 Å². The van der Waals surface area contributed by atoms with Crippen molar-refractivity contribution in [3.05, 3.63) is 89.3 Å². The summed E-state index contributed by atoms with van der Waals surface area (Å²) in [4.78, 5) is 17.3. The first-order chi connectivity index (χ1) is 17.2. The van der Waals surface area contributed by atoms with Crippen LogP contribution in [0.5, 0.6) is 0 Å². The fourth-order valence-corrected chi connectivity index (χ4v) is 6.35. The van der Waals surface area contributed by atoms with E-state index in [1.54, 1.807) is 36.5 Å². The number of halogens is 2. The van der Waals surface area contributed by atoms with Crippen molar-refractivity contribution in [1.29, 1.82) is 0 Å². The van der Waals surface area contributed by atoms with E-state index in [9.17, 15) is 13.2 Å². The molecule has 2 heterocycles. The van der Waals surface area contributed by atoms with Gasteiger partial charge in [-0.25, -0.2) is 17.8 Å². The lowest BCUT2D eigenvalue weighted by molar-refractivity contribution is -0.124. The van der Waals surface area contributed by atoms with E-state index in [0.717, 1.165) is 10.4 Å². The Hall–Kier alpha value is -2.98. The van der Waals surface area contributed by atoms with Crippen molar-refractivity contribution in [2.45, 2.75) is 21.9 Å². The molecule has 3 aromatic carbocycles. The van der Waals surface area contributed by atoms with Gasteiger partial charge in [0, 0.05) is 28.9 Å². The summed E-state index contributed by atoms with van der Waals surface area (Å²) in [7, 11) is -4.19. The Labute approximate surface area is 217 Å². The number of fused-ring (bicyclic) bond motifs is 1. The number of rotatable bonds is 6. The second kappa shape index (κ2) is 9.48. The first kappa shape index (κ1) is 24.7. The third kappa shape index (κ3) is 4.48. The molecule has 5 rings (SSSR count). The molecule has 1 fully saturated rings. The average molecular weight is 542 g/mol. The summed E-state index contributed by atoms with van der Waals surface area (Å²) in [5.74, 6) is -1.29. The monoisotopic (exact) mass is 541 g/mol. The van der Waals surface area contributed by atoms with E-state index in [1.807, 2.05) is 18.4 Å². The highest BCUT2D eigenvalue weighted by atomic mass is 35.5. The summed E-state index contributed by atoms with van der Waals surface area (Å²) < 4.78 is 44.9. The van der Waals surface area contributed by atoms with Crippen molar-refractivity contribution in [2.24, 2.45) is 0 Å². The van der Waals surface area contributed by atoms with Gasteiger partial charge in [-0.05, 0) is 65.4 Å². The molecule has 184 valence electrons. The van der Waals surface area contributed by atoms with Crippen LogP contribution in [0.15, 0.2) is 82.8 Å². The Morgan fingerprint density at radius 3 is 2.44 bits per heavy atom. The van der Waals surface area contributed by atoms with Gasteiger partial charge in [-0.2, -0.15) is 4.72 Å². The number of thioether (sulfide) groups is 1. The van der Waals surface area contributed by atoms with E-state index in [2.05, 4.69) is 15.0 Å². The van der Waals surface area contributed by atoms with Crippen LogP contribution in [0.3, 0.4) is 0 Å². The second-order valence-corrected chi connectivity index (χ2v) is 11.4. The highest BCUT2D eigenvalue weighted by molar-refractivity contribution is 7.98. The maximum Gasteiger partial charge on any atom is 0.246 e. The molecule has 1 amide bonds. The minimum Gasteiger partial charge on any atom is -0.354 e. The van der Waals surface area contributed by atoms with Crippen molar-refractivity contribution >= 4 is 50.1 Å². The maximum atomic E-state index is 15.5. The van der Waals surface area contributed by atoms with Crippen LogP contribution in [0.25, 0.3) is 21.9 Å². The topological polar surface area (TPSA) is 88.2 Å². The van der Waals surface area contributed by atoms with Crippen molar-refractivity contribution in [2.75, 3.05) is 12.8 Å². The quantitative estimate of drug-likeness (QED) is 0.331. The molecule has 36 heavy (non-hydrogen) atoms. The smallest absolute Gasteiger partial charge is 0.246 e. The predicted molar refractivity (Wildman–Crippen MR) is 140 cm³/mol. The molecule has 2 N–H and O–H groups in total. The first-order valence-electron chi connectivity index (χ1n) is 11.0. The van der Waals surface area contributed by atoms with Gasteiger partial charge in [0.1, 0.15) is 11.4 Å². The number of benzene rings is 3. The van der Waals surface area contributed by atoms with E-state index < -0.39 is 27.3 Å². The van der Waals surface area contributed by atoms with Gasteiger partial charge in [0.05, 0.1) is 9.92 Å². The van der Waals surface area contributed by atoms with E-state index in [1.165, 1.54) is 36.0 Å². The van der Waals surface area contributed by atoms with Gasteiger partial charge in [0.15, 0.2) is 0 Å². The summed E-state index contributed by atoms with van der Waals surface area (Å²) in [6.07, 6.45) is 3.62. The Bertz CT molecular complexity index is 1600. The third-order valence-electron chi connectivity index (χ3n) is 6.27. The van der Waals surface area contributed by atoms with Crippen LogP contribution in [0, 0.1) is 5.82 Å². The number of carbonyl (C=O) groups is 1. The number of hydrogen-bond donors (Lipinski definition) is 2. The second-order valence-electron chi connectivity index (χ2n) is 8.45. The molecule has 4 aromatic rings. The SMILES string of the molecule is CSc1ccc(-c2ccc([C@@]3(NS(=O)(=O)c4ccc5cc(Cl)ccc5c4)CCNC3=O)c(F)c2)cn1. The molecular weight excluding hydrogens is 521 g/mol. The van der Waals surface area contributed by atoms with Gasteiger partial charge in [0.25, 0.3) is 0 Å². The minimum absolute atomic E-state index is 0.0339.